The van der Waals surface area contributed by atoms with Crippen LogP contribution in [0.25, 0.3) is 0 Å². The molecule has 0 unspecified atom stereocenters. The lowest BCUT2D eigenvalue weighted by molar-refractivity contribution is 0.0644. The van der Waals surface area contributed by atoms with Crippen LogP contribution in [0.15, 0.2) is 18.5 Å². The fourth-order valence-electron chi connectivity index (χ4n) is 1.29. The number of hydrogen-bond acceptors (Lipinski definition) is 5. The van der Waals surface area contributed by atoms with Gasteiger partial charge >= 0.3 is 0 Å². The molecule has 0 bridgehead atoms. The summed E-state index contributed by atoms with van der Waals surface area (Å²) in [6, 6.07) is 1.87. The van der Waals surface area contributed by atoms with E-state index in [1.807, 2.05) is 6.07 Å². The van der Waals surface area contributed by atoms with Crippen molar-refractivity contribution < 1.29 is 14.2 Å². The van der Waals surface area contributed by atoms with Gasteiger partial charge in [-0.25, -0.2) is 0 Å². The van der Waals surface area contributed by atoms with Crippen molar-refractivity contribution in [2.24, 2.45) is 5.73 Å². The Labute approximate surface area is 102 Å². The monoisotopic (exact) mass is 240 g/mol. The number of aromatic nitrogens is 1. The Morgan fingerprint density at radius 3 is 2.88 bits per heavy atom. The quantitative estimate of drug-likeness (QED) is 0.651. The van der Waals surface area contributed by atoms with E-state index in [4.69, 9.17) is 19.9 Å². The maximum Gasteiger partial charge on any atom is 0.142 e. The summed E-state index contributed by atoms with van der Waals surface area (Å²) in [5, 5.41) is 0. The Hall–Kier alpha value is -1.17. The highest BCUT2D eigenvalue weighted by atomic mass is 16.5. The van der Waals surface area contributed by atoms with E-state index in [0.717, 1.165) is 17.7 Å². The normalized spacial score (nSPS) is 10.5. The van der Waals surface area contributed by atoms with Gasteiger partial charge in [0.2, 0.25) is 0 Å². The minimum absolute atomic E-state index is 0.461. The van der Waals surface area contributed by atoms with Gasteiger partial charge in [0, 0.05) is 38.4 Å². The summed E-state index contributed by atoms with van der Waals surface area (Å²) in [6.07, 6.45) is 4.24. The third-order valence-electron chi connectivity index (χ3n) is 2.21. The first-order chi connectivity index (χ1) is 8.38. The summed E-state index contributed by atoms with van der Waals surface area (Å²) in [5.74, 6) is 0.756. The van der Waals surface area contributed by atoms with Gasteiger partial charge in [0.1, 0.15) is 5.75 Å². The average molecular weight is 240 g/mol. The van der Waals surface area contributed by atoms with Gasteiger partial charge in [-0.05, 0) is 6.07 Å². The zero-order valence-electron chi connectivity index (χ0n) is 10.2. The Bertz CT molecular complexity index is 308. The Balaban J connectivity index is 2.13. The predicted molar refractivity (Wildman–Crippen MR) is 64.9 cm³/mol. The fourth-order valence-corrected chi connectivity index (χ4v) is 1.29. The summed E-state index contributed by atoms with van der Waals surface area (Å²) in [7, 11) is 1.66. The molecule has 0 atom stereocenters. The Morgan fingerprint density at radius 2 is 2.12 bits per heavy atom. The van der Waals surface area contributed by atoms with Crippen LogP contribution in [0, 0.1) is 0 Å². The summed E-state index contributed by atoms with van der Waals surface area (Å²) >= 11 is 0. The van der Waals surface area contributed by atoms with Crippen LogP contribution in [0.4, 0.5) is 0 Å². The first-order valence-corrected chi connectivity index (χ1v) is 5.71. The summed E-state index contributed by atoms with van der Waals surface area (Å²) in [4.78, 5) is 4.00. The van der Waals surface area contributed by atoms with Crippen molar-refractivity contribution in [3.05, 3.63) is 24.0 Å². The maximum absolute atomic E-state index is 5.59. The van der Waals surface area contributed by atoms with E-state index in [9.17, 15) is 0 Å². The first kappa shape index (κ1) is 13.9. The highest BCUT2D eigenvalue weighted by Crippen LogP contribution is 2.15. The van der Waals surface area contributed by atoms with Crippen LogP contribution in [0.3, 0.4) is 0 Å². The van der Waals surface area contributed by atoms with E-state index < -0.39 is 0 Å². The molecule has 96 valence electrons. The molecule has 0 amide bonds. The molecule has 0 spiro atoms. The van der Waals surface area contributed by atoms with E-state index in [-0.39, 0.29) is 0 Å². The van der Waals surface area contributed by atoms with Crippen LogP contribution >= 0.6 is 0 Å². The van der Waals surface area contributed by atoms with Crippen LogP contribution in [0.5, 0.6) is 5.75 Å². The average Bonchev–Trinajstić information content (AvgIpc) is 2.38. The highest BCUT2D eigenvalue weighted by molar-refractivity contribution is 5.29. The third-order valence-corrected chi connectivity index (χ3v) is 2.21. The van der Waals surface area contributed by atoms with Gasteiger partial charge in [0.05, 0.1) is 26.0 Å². The summed E-state index contributed by atoms with van der Waals surface area (Å²) in [6.45, 7) is 2.98. The molecule has 0 radical (unpaired) electrons. The number of pyridine rings is 1. The smallest absolute Gasteiger partial charge is 0.142 e. The van der Waals surface area contributed by atoms with E-state index in [1.54, 1.807) is 19.5 Å². The molecule has 17 heavy (non-hydrogen) atoms. The van der Waals surface area contributed by atoms with Crippen LogP contribution in [-0.2, 0) is 16.0 Å². The van der Waals surface area contributed by atoms with Gasteiger partial charge in [-0.2, -0.15) is 0 Å². The van der Waals surface area contributed by atoms with Gasteiger partial charge in [0.25, 0.3) is 0 Å². The number of hydrogen-bond donors (Lipinski definition) is 1. The second kappa shape index (κ2) is 8.92. The molecule has 1 heterocycles. The molecule has 5 nitrogen and oxygen atoms in total. The highest BCUT2D eigenvalue weighted by Gasteiger charge is 2.00. The van der Waals surface area contributed by atoms with E-state index in [2.05, 4.69) is 4.98 Å². The van der Waals surface area contributed by atoms with Gasteiger partial charge in [-0.15, -0.1) is 0 Å². The SMILES string of the molecule is COCCOCCCOc1cnccc1CN. The van der Waals surface area contributed by atoms with Crippen molar-refractivity contribution in [1.29, 1.82) is 0 Å². The molecule has 0 aliphatic heterocycles. The molecular weight excluding hydrogens is 220 g/mol. The van der Waals surface area contributed by atoms with Crippen molar-refractivity contribution >= 4 is 0 Å². The molecule has 0 fully saturated rings. The molecule has 2 N–H and O–H groups in total. The van der Waals surface area contributed by atoms with Gasteiger partial charge < -0.3 is 19.9 Å². The van der Waals surface area contributed by atoms with Crippen LogP contribution in [-0.4, -0.2) is 38.5 Å². The molecule has 1 aromatic heterocycles. The zero-order chi connectivity index (χ0) is 12.3. The second-order valence-corrected chi connectivity index (χ2v) is 3.49. The van der Waals surface area contributed by atoms with Gasteiger partial charge in [0.15, 0.2) is 0 Å². The lowest BCUT2D eigenvalue weighted by Gasteiger charge is -2.09. The molecule has 0 aromatic carbocycles. The zero-order valence-corrected chi connectivity index (χ0v) is 10.2. The Morgan fingerprint density at radius 1 is 1.24 bits per heavy atom. The number of methoxy groups -OCH3 is 1. The Kier molecular flexibility index (Phi) is 7.29. The minimum atomic E-state index is 0.461. The molecule has 0 aliphatic carbocycles. The molecule has 0 saturated carbocycles. The predicted octanol–water partition coefficient (Wildman–Crippen LogP) is 0.972. The third kappa shape index (κ3) is 5.63. The summed E-state index contributed by atoms with van der Waals surface area (Å²) < 4.78 is 15.8. The van der Waals surface area contributed by atoms with E-state index >= 15 is 0 Å². The fraction of sp³-hybridized carbons (Fsp3) is 0.583. The van der Waals surface area contributed by atoms with Crippen LogP contribution in [0.1, 0.15) is 12.0 Å². The van der Waals surface area contributed by atoms with Crippen molar-refractivity contribution in [3.8, 4) is 5.75 Å². The van der Waals surface area contributed by atoms with Gasteiger partial charge in [-0.1, -0.05) is 0 Å². The number of nitrogens with two attached hydrogens (primary N) is 1. The molecule has 5 heteroatoms. The van der Waals surface area contributed by atoms with Crippen LogP contribution < -0.4 is 10.5 Å². The molecule has 1 rings (SSSR count). The van der Waals surface area contributed by atoms with Crippen molar-refractivity contribution in [2.45, 2.75) is 13.0 Å². The topological polar surface area (TPSA) is 66.6 Å². The molecular formula is C12H20N2O3. The van der Waals surface area contributed by atoms with Crippen molar-refractivity contribution in [3.63, 3.8) is 0 Å². The van der Waals surface area contributed by atoms with Crippen molar-refractivity contribution in [1.82, 2.24) is 4.98 Å². The number of nitrogens with zero attached hydrogens (tertiary/aromatic N) is 1. The molecule has 0 saturated heterocycles. The second-order valence-electron chi connectivity index (χ2n) is 3.49. The molecule has 0 aliphatic rings. The number of rotatable bonds is 9. The van der Waals surface area contributed by atoms with Crippen LogP contribution in [0.2, 0.25) is 0 Å². The van der Waals surface area contributed by atoms with E-state index in [1.165, 1.54) is 0 Å². The number of ether oxygens (including phenoxy) is 3. The lowest BCUT2D eigenvalue weighted by Crippen LogP contribution is -2.08. The first-order valence-electron chi connectivity index (χ1n) is 5.71. The molecule has 1 aromatic rings. The minimum Gasteiger partial charge on any atom is -0.492 e. The summed E-state index contributed by atoms with van der Waals surface area (Å²) in [5.41, 5.74) is 6.56. The van der Waals surface area contributed by atoms with Gasteiger partial charge in [-0.3, -0.25) is 4.98 Å². The largest absolute Gasteiger partial charge is 0.492 e. The maximum atomic E-state index is 5.59. The van der Waals surface area contributed by atoms with E-state index in [0.29, 0.717) is 33.0 Å². The lowest BCUT2D eigenvalue weighted by atomic mass is 10.2. The standard InChI is InChI=1S/C12H20N2O3/c1-15-7-8-16-5-2-6-17-12-10-14-4-3-11(12)9-13/h3-4,10H,2,5-9,13H2,1H3. The van der Waals surface area contributed by atoms with Crippen molar-refractivity contribution in [2.75, 3.05) is 33.5 Å².